The fraction of sp³-hybridized carbons (Fsp3) is 1.00. The molecule has 0 aliphatic carbocycles. The standard InChI is InChI=1S/C11H25NO3S2.Mg/c1-2-3-4-5-7-11(16)10-12-8-6-9-17(13,14)15;/h11-12,16H,2-10H2,1H3,(H,13,14,15);/q;+2/p-2. The second-order valence-corrected chi connectivity index (χ2v) is 6.48. The molecule has 0 saturated carbocycles. The van der Waals surface area contributed by atoms with Gasteiger partial charge in [0.25, 0.3) is 0 Å². The Kier molecular flexibility index (Phi) is 15.4. The van der Waals surface area contributed by atoms with Crippen LogP contribution in [0.4, 0.5) is 0 Å². The predicted octanol–water partition coefficient (Wildman–Crippen LogP) is 1.02. The zero-order valence-electron chi connectivity index (χ0n) is 11.2. The van der Waals surface area contributed by atoms with Crippen molar-refractivity contribution in [2.24, 2.45) is 0 Å². The molecule has 1 N–H and O–H groups in total. The van der Waals surface area contributed by atoms with Gasteiger partial charge in [-0.25, -0.2) is 8.42 Å². The van der Waals surface area contributed by atoms with Gasteiger partial charge in [0.2, 0.25) is 0 Å². The summed E-state index contributed by atoms with van der Waals surface area (Å²) in [6, 6.07) is 0. The van der Waals surface area contributed by atoms with E-state index in [1.54, 1.807) is 0 Å². The number of hydrogen-bond acceptors (Lipinski definition) is 5. The molecule has 0 bridgehead atoms. The van der Waals surface area contributed by atoms with E-state index in [1.807, 2.05) is 0 Å². The first-order chi connectivity index (χ1) is 7.95. The zero-order chi connectivity index (χ0) is 13.1. The summed E-state index contributed by atoms with van der Waals surface area (Å²) in [5.74, 6) is -0.293. The largest absolute Gasteiger partial charge is 2.00 e. The molecular formula is C11H23MgNO3S2. The molecule has 0 heterocycles. The van der Waals surface area contributed by atoms with Gasteiger partial charge in [-0.2, -0.15) is 5.25 Å². The second-order valence-electron chi connectivity index (χ2n) is 4.29. The van der Waals surface area contributed by atoms with Crippen LogP contribution in [-0.4, -0.2) is 60.1 Å². The molecule has 0 aliphatic heterocycles. The first-order valence-corrected chi connectivity index (χ1v) is 8.30. The maximum absolute atomic E-state index is 10.3. The maximum atomic E-state index is 10.3. The number of rotatable bonds is 11. The molecule has 0 saturated heterocycles. The first kappa shape index (κ1) is 21.3. The van der Waals surface area contributed by atoms with Crippen LogP contribution in [0.5, 0.6) is 0 Å². The van der Waals surface area contributed by atoms with Crippen molar-refractivity contribution < 1.29 is 13.0 Å². The molecule has 0 amide bonds. The van der Waals surface area contributed by atoms with Crippen molar-refractivity contribution in [3.63, 3.8) is 0 Å². The van der Waals surface area contributed by atoms with E-state index in [4.69, 9.17) is 12.6 Å². The first-order valence-electron chi connectivity index (χ1n) is 6.26. The fourth-order valence-corrected chi connectivity index (χ4v) is 2.32. The van der Waals surface area contributed by atoms with Crippen LogP contribution >= 0.6 is 0 Å². The normalized spacial score (nSPS) is 13.1. The van der Waals surface area contributed by atoms with Gasteiger partial charge in [0, 0.05) is 5.75 Å². The second kappa shape index (κ2) is 13.0. The Morgan fingerprint density at radius 2 is 1.89 bits per heavy atom. The molecule has 0 rings (SSSR count). The predicted molar refractivity (Wildman–Crippen MR) is 77.7 cm³/mol. The van der Waals surface area contributed by atoms with E-state index in [0.717, 1.165) is 13.0 Å². The van der Waals surface area contributed by atoms with Gasteiger partial charge in [-0.05, 0) is 19.5 Å². The molecular weight excluding hydrogens is 283 g/mol. The van der Waals surface area contributed by atoms with Crippen LogP contribution in [0.15, 0.2) is 0 Å². The van der Waals surface area contributed by atoms with E-state index in [1.165, 1.54) is 25.7 Å². The Labute approximate surface area is 133 Å². The number of unbranched alkanes of at least 4 members (excludes halogenated alkanes) is 3. The van der Waals surface area contributed by atoms with Gasteiger partial charge >= 0.3 is 23.1 Å². The van der Waals surface area contributed by atoms with Crippen molar-refractivity contribution in [3.8, 4) is 0 Å². The topological polar surface area (TPSA) is 69.2 Å². The minimum Gasteiger partial charge on any atom is -0.788 e. The van der Waals surface area contributed by atoms with Crippen LogP contribution in [0.25, 0.3) is 0 Å². The average molecular weight is 306 g/mol. The van der Waals surface area contributed by atoms with Gasteiger partial charge in [-0.15, -0.1) is 0 Å². The third-order valence-electron chi connectivity index (χ3n) is 2.50. The van der Waals surface area contributed by atoms with Gasteiger partial charge in [0.05, 0.1) is 10.1 Å². The van der Waals surface area contributed by atoms with Gasteiger partial charge < -0.3 is 22.5 Å². The minimum atomic E-state index is -4.06. The van der Waals surface area contributed by atoms with Gasteiger partial charge in [-0.3, -0.25) is 0 Å². The molecule has 1 unspecified atom stereocenters. The Morgan fingerprint density at radius 1 is 1.22 bits per heavy atom. The van der Waals surface area contributed by atoms with E-state index in [9.17, 15) is 13.0 Å². The molecule has 18 heavy (non-hydrogen) atoms. The van der Waals surface area contributed by atoms with Crippen molar-refractivity contribution in [3.05, 3.63) is 0 Å². The van der Waals surface area contributed by atoms with Crippen LogP contribution in [0.2, 0.25) is 0 Å². The Hall–Kier alpha value is 0.986. The zero-order valence-corrected chi connectivity index (χ0v) is 14.2. The van der Waals surface area contributed by atoms with Crippen molar-refractivity contribution in [2.45, 2.75) is 50.7 Å². The molecule has 0 fully saturated rings. The average Bonchev–Trinajstić information content (AvgIpc) is 2.22. The van der Waals surface area contributed by atoms with Crippen molar-refractivity contribution in [2.75, 3.05) is 18.8 Å². The monoisotopic (exact) mass is 305 g/mol. The summed E-state index contributed by atoms with van der Waals surface area (Å²) < 4.78 is 31.0. The van der Waals surface area contributed by atoms with Crippen LogP contribution in [0.1, 0.15) is 45.4 Å². The van der Waals surface area contributed by atoms with E-state index in [0.29, 0.717) is 13.0 Å². The van der Waals surface area contributed by atoms with Crippen molar-refractivity contribution >= 4 is 45.8 Å². The number of hydrogen-bond donors (Lipinski definition) is 1. The number of nitrogens with one attached hydrogen (secondary N) is 1. The molecule has 0 aromatic heterocycles. The van der Waals surface area contributed by atoms with E-state index in [2.05, 4.69) is 12.2 Å². The molecule has 0 aromatic carbocycles. The minimum absolute atomic E-state index is 0. The Bertz CT molecular complexity index is 273. The van der Waals surface area contributed by atoms with Crippen molar-refractivity contribution in [1.82, 2.24) is 5.32 Å². The molecule has 1 atom stereocenters. The van der Waals surface area contributed by atoms with E-state index in [-0.39, 0.29) is 34.1 Å². The SMILES string of the molecule is CCCCCCC([S-])CNCCCS(=O)(=O)[O-].[Mg+2]. The van der Waals surface area contributed by atoms with E-state index >= 15 is 0 Å². The quantitative estimate of drug-likeness (QED) is 0.267. The van der Waals surface area contributed by atoms with Crippen molar-refractivity contribution in [1.29, 1.82) is 0 Å². The summed E-state index contributed by atoms with van der Waals surface area (Å²) in [5, 5.41) is 3.30. The Balaban J connectivity index is 0. The summed E-state index contributed by atoms with van der Waals surface area (Å²) >= 11 is 5.27. The third kappa shape index (κ3) is 17.0. The third-order valence-corrected chi connectivity index (χ3v) is 3.69. The van der Waals surface area contributed by atoms with E-state index < -0.39 is 10.1 Å². The summed E-state index contributed by atoms with van der Waals surface area (Å²) in [7, 11) is -4.06. The molecule has 0 aromatic rings. The van der Waals surface area contributed by atoms with Gasteiger partial charge in [0.1, 0.15) is 0 Å². The summed E-state index contributed by atoms with van der Waals surface area (Å²) in [4.78, 5) is 0. The Morgan fingerprint density at radius 3 is 2.44 bits per heavy atom. The molecule has 0 radical (unpaired) electrons. The van der Waals surface area contributed by atoms with Crippen LogP contribution < -0.4 is 5.32 Å². The van der Waals surface area contributed by atoms with Crippen LogP contribution in [0, 0.1) is 0 Å². The summed E-state index contributed by atoms with van der Waals surface area (Å²) in [5.41, 5.74) is 0. The summed E-state index contributed by atoms with van der Waals surface area (Å²) in [6.07, 6.45) is 6.28. The molecule has 4 nitrogen and oxygen atoms in total. The van der Waals surface area contributed by atoms with Crippen LogP contribution in [0.3, 0.4) is 0 Å². The molecule has 0 spiro atoms. The molecule has 7 heteroatoms. The van der Waals surface area contributed by atoms with Crippen LogP contribution in [-0.2, 0) is 22.7 Å². The smallest absolute Gasteiger partial charge is 0.788 e. The molecule has 0 aliphatic rings. The summed E-state index contributed by atoms with van der Waals surface area (Å²) in [6.45, 7) is 3.45. The van der Waals surface area contributed by atoms with Gasteiger partial charge in [-0.1, -0.05) is 39.0 Å². The van der Waals surface area contributed by atoms with Gasteiger partial charge in [0.15, 0.2) is 0 Å². The fourth-order valence-electron chi connectivity index (χ4n) is 1.54. The molecule has 104 valence electrons. The maximum Gasteiger partial charge on any atom is 2.00 e.